The summed E-state index contributed by atoms with van der Waals surface area (Å²) in [6, 6.07) is 8.93. The topological polar surface area (TPSA) is 78.0 Å². The summed E-state index contributed by atoms with van der Waals surface area (Å²) in [7, 11) is -3.61. The summed E-state index contributed by atoms with van der Waals surface area (Å²) in [6.07, 6.45) is 2.69. The Bertz CT molecular complexity index is 1180. The fraction of sp³-hybridized carbons (Fsp3) is 0.417. The quantitative estimate of drug-likeness (QED) is 0.659. The Morgan fingerprint density at radius 1 is 0.794 bits per heavy atom. The molecule has 2 fully saturated rings. The van der Waals surface area contributed by atoms with E-state index in [1.165, 1.54) is 39.5 Å². The Hall–Kier alpha value is -2.85. The number of carbonyl (C=O) groups is 2. The predicted molar refractivity (Wildman–Crippen MR) is 122 cm³/mol. The van der Waals surface area contributed by atoms with Crippen LogP contribution in [0.4, 0.5) is 8.78 Å². The molecule has 10 heteroatoms. The first-order chi connectivity index (χ1) is 16.2. The van der Waals surface area contributed by atoms with Crippen molar-refractivity contribution in [3.63, 3.8) is 0 Å². The van der Waals surface area contributed by atoms with Crippen molar-refractivity contribution in [2.75, 3.05) is 32.7 Å². The molecule has 2 aliphatic rings. The molecular weight excluding hydrogens is 464 g/mol. The van der Waals surface area contributed by atoms with Gasteiger partial charge in [0, 0.05) is 49.9 Å². The molecule has 7 nitrogen and oxygen atoms in total. The lowest BCUT2D eigenvalue weighted by atomic mass is 10.1. The van der Waals surface area contributed by atoms with E-state index in [1.807, 2.05) is 6.92 Å². The van der Waals surface area contributed by atoms with E-state index in [9.17, 15) is 26.8 Å². The Morgan fingerprint density at radius 2 is 1.35 bits per heavy atom. The maximum Gasteiger partial charge on any atom is 0.254 e. The molecule has 2 saturated heterocycles. The molecule has 0 aliphatic carbocycles. The molecule has 2 heterocycles. The van der Waals surface area contributed by atoms with E-state index >= 15 is 0 Å². The molecule has 2 aliphatic heterocycles. The minimum absolute atomic E-state index is 0.0505. The van der Waals surface area contributed by atoms with Gasteiger partial charge in [0.1, 0.15) is 0 Å². The fourth-order valence-electron chi connectivity index (χ4n) is 4.44. The van der Waals surface area contributed by atoms with Gasteiger partial charge in [-0.15, -0.1) is 0 Å². The highest BCUT2D eigenvalue weighted by Gasteiger charge is 2.31. The number of amides is 2. The lowest BCUT2D eigenvalue weighted by Gasteiger charge is -2.35. The third kappa shape index (κ3) is 4.83. The highest BCUT2D eigenvalue weighted by Crippen LogP contribution is 2.25. The normalized spacial score (nSPS) is 19.8. The standard InChI is InChI=1S/C24H27F2N3O4S/c1-17-4-2-3-11-29(17)34(32,33)20-8-5-18(6-9-20)23(30)27-12-14-28(15-13-27)24(31)19-7-10-21(25)22(26)16-19/h5-10,16-17H,2-4,11-15H2,1H3. The van der Waals surface area contributed by atoms with Crippen molar-refractivity contribution in [2.45, 2.75) is 37.1 Å². The summed E-state index contributed by atoms with van der Waals surface area (Å²) in [5.41, 5.74) is 0.421. The first kappa shape index (κ1) is 24.3. The van der Waals surface area contributed by atoms with Crippen LogP contribution in [0.25, 0.3) is 0 Å². The van der Waals surface area contributed by atoms with Gasteiger partial charge in [-0.2, -0.15) is 4.31 Å². The molecule has 2 amide bonds. The van der Waals surface area contributed by atoms with Gasteiger partial charge in [-0.25, -0.2) is 17.2 Å². The molecule has 34 heavy (non-hydrogen) atoms. The van der Waals surface area contributed by atoms with Crippen LogP contribution in [0, 0.1) is 11.6 Å². The molecule has 2 aromatic carbocycles. The van der Waals surface area contributed by atoms with E-state index in [2.05, 4.69) is 0 Å². The van der Waals surface area contributed by atoms with E-state index in [0.717, 1.165) is 31.4 Å². The monoisotopic (exact) mass is 491 g/mol. The highest BCUT2D eigenvalue weighted by atomic mass is 32.2. The number of rotatable bonds is 4. The molecule has 0 aromatic heterocycles. The lowest BCUT2D eigenvalue weighted by molar-refractivity contribution is 0.0535. The van der Waals surface area contributed by atoms with Crippen LogP contribution < -0.4 is 0 Å². The summed E-state index contributed by atoms with van der Waals surface area (Å²) < 4.78 is 54.1. The predicted octanol–water partition coefficient (Wildman–Crippen LogP) is 3.13. The van der Waals surface area contributed by atoms with Gasteiger partial charge in [-0.05, 0) is 62.2 Å². The van der Waals surface area contributed by atoms with Gasteiger partial charge in [-0.1, -0.05) is 6.42 Å². The van der Waals surface area contributed by atoms with Crippen LogP contribution >= 0.6 is 0 Å². The van der Waals surface area contributed by atoms with Crippen LogP contribution in [-0.2, 0) is 10.0 Å². The molecule has 0 N–H and O–H groups in total. The van der Waals surface area contributed by atoms with Gasteiger partial charge in [0.05, 0.1) is 4.90 Å². The Kier molecular flexibility index (Phi) is 6.99. The van der Waals surface area contributed by atoms with Gasteiger partial charge >= 0.3 is 0 Å². The zero-order chi connectivity index (χ0) is 24.5. The van der Waals surface area contributed by atoms with Gasteiger partial charge in [0.15, 0.2) is 11.6 Å². The Labute approximate surface area is 198 Å². The van der Waals surface area contributed by atoms with Crippen LogP contribution in [-0.4, -0.2) is 73.1 Å². The Balaban J connectivity index is 1.38. The second kappa shape index (κ2) is 9.79. The average molecular weight is 492 g/mol. The number of hydrogen-bond acceptors (Lipinski definition) is 4. The molecule has 0 radical (unpaired) electrons. The van der Waals surface area contributed by atoms with Gasteiger partial charge in [-0.3, -0.25) is 9.59 Å². The maximum atomic E-state index is 13.5. The van der Waals surface area contributed by atoms with Crippen molar-refractivity contribution in [3.8, 4) is 0 Å². The molecule has 0 saturated carbocycles. The van der Waals surface area contributed by atoms with E-state index in [-0.39, 0.29) is 48.6 Å². The van der Waals surface area contributed by atoms with E-state index < -0.39 is 27.6 Å². The summed E-state index contributed by atoms with van der Waals surface area (Å²) in [6.45, 7) is 3.47. The molecule has 182 valence electrons. The van der Waals surface area contributed by atoms with Crippen molar-refractivity contribution in [3.05, 3.63) is 65.2 Å². The molecular formula is C24H27F2N3O4S. The number of carbonyl (C=O) groups excluding carboxylic acids is 2. The number of halogens is 2. The fourth-order valence-corrected chi connectivity index (χ4v) is 6.14. The van der Waals surface area contributed by atoms with Gasteiger partial charge < -0.3 is 9.80 Å². The maximum absolute atomic E-state index is 13.5. The number of nitrogens with zero attached hydrogens (tertiary/aromatic N) is 3. The SMILES string of the molecule is CC1CCCCN1S(=O)(=O)c1ccc(C(=O)N2CCN(C(=O)c3ccc(F)c(F)c3)CC2)cc1. The largest absolute Gasteiger partial charge is 0.335 e. The van der Waals surface area contributed by atoms with Crippen molar-refractivity contribution >= 4 is 21.8 Å². The average Bonchev–Trinajstić information content (AvgIpc) is 2.85. The molecule has 1 unspecified atom stereocenters. The third-order valence-electron chi connectivity index (χ3n) is 6.47. The Morgan fingerprint density at radius 3 is 1.91 bits per heavy atom. The number of piperazine rings is 1. The molecule has 0 bridgehead atoms. The van der Waals surface area contributed by atoms with Crippen LogP contribution in [0.2, 0.25) is 0 Å². The molecule has 2 aromatic rings. The number of piperidine rings is 1. The van der Waals surface area contributed by atoms with E-state index in [4.69, 9.17) is 0 Å². The van der Waals surface area contributed by atoms with E-state index in [1.54, 1.807) is 4.90 Å². The first-order valence-electron chi connectivity index (χ1n) is 11.3. The summed E-state index contributed by atoms with van der Waals surface area (Å²) in [4.78, 5) is 28.7. The zero-order valence-corrected chi connectivity index (χ0v) is 19.7. The van der Waals surface area contributed by atoms with Crippen LogP contribution in [0.5, 0.6) is 0 Å². The van der Waals surface area contributed by atoms with Gasteiger partial charge in [0.2, 0.25) is 10.0 Å². The third-order valence-corrected chi connectivity index (χ3v) is 8.50. The molecule has 1 atom stereocenters. The first-order valence-corrected chi connectivity index (χ1v) is 12.8. The number of benzene rings is 2. The van der Waals surface area contributed by atoms with Crippen molar-refractivity contribution in [1.82, 2.24) is 14.1 Å². The zero-order valence-electron chi connectivity index (χ0n) is 18.9. The smallest absolute Gasteiger partial charge is 0.254 e. The van der Waals surface area contributed by atoms with Crippen molar-refractivity contribution in [2.24, 2.45) is 0 Å². The second-order valence-corrected chi connectivity index (χ2v) is 10.6. The lowest BCUT2D eigenvalue weighted by Crippen LogP contribution is -2.50. The van der Waals surface area contributed by atoms with E-state index in [0.29, 0.717) is 12.1 Å². The number of sulfonamides is 1. The van der Waals surface area contributed by atoms with Crippen LogP contribution in [0.1, 0.15) is 46.9 Å². The number of hydrogen-bond donors (Lipinski definition) is 0. The van der Waals surface area contributed by atoms with Crippen molar-refractivity contribution < 1.29 is 26.8 Å². The van der Waals surface area contributed by atoms with Crippen LogP contribution in [0.15, 0.2) is 47.4 Å². The summed E-state index contributed by atoms with van der Waals surface area (Å²) in [5.74, 6) is -2.78. The van der Waals surface area contributed by atoms with Gasteiger partial charge in [0.25, 0.3) is 11.8 Å². The summed E-state index contributed by atoms with van der Waals surface area (Å²) >= 11 is 0. The minimum atomic E-state index is -3.61. The van der Waals surface area contributed by atoms with Crippen molar-refractivity contribution in [1.29, 1.82) is 0 Å². The minimum Gasteiger partial charge on any atom is -0.335 e. The van der Waals surface area contributed by atoms with Crippen LogP contribution in [0.3, 0.4) is 0 Å². The highest BCUT2D eigenvalue weighted by molar-refractivity contribution is 7.89. The second-order valence-electron chi connectivity index (χ2n) is 8.70. The molecule has 4 rings (SSSR count). The molecule has 0 spiro atoms. The summed E-state index contributed by atoms with van der Waals surface area (Å²) in [5, 5.41) is 0.